The Morgan fingerprint density at radius 1 is 1.38 bits per heavy atom. The highest BCUT2D eigenvalue weighted by Crippen LogP contribution is 2.22. The Morgan fingerprint density at radius 2 is 2.17 bits per heavy atom. The number of carbonyl (C=O) groups excluding carboxylic acids is 1. The highest BCUT2D eigenvalue weighted by molar-refractivity contribution is 5.87. The van der Waals surface area contributed by atoms with E-state index in [0.717, 1.165) is 31.2 Å². The van der Waals surface area contributed by atoms with Crippen LogP contribution >= 0.6 is 0 Å². The topological polar surface area (TPSA) is 77.8 Å². The number of amides is 1. The molecule has 29 heavy (non-hydrogen) atoms. The van der Waals surface area contributed by atoms with Crippen molar-refractivity contribution in [3.8, 4) is 11.8 Å². The Hall–Kier alpha value is -2.58. The SMILES string of the molecule is CCC#CCC(C)C(O)/C=C/[C@H]1CCC(=O)N1CCCc1cccc(C(=O)O)c1. The van der Waals surface area contributed by atoms with Gasteiger partial charge < -0.3 is 15.1 Å². The lowest BCUT2D eigenvalue weighted by molar-refractivity contribution is -0.128. The molecule has 2 rings (SSSR count). The summed E-state index contributed by atoms with van der Waals surface area (Å²) in [5, 5.41) is 19.4. The minimum absolute atomic E-state index is 0.0106. The highest BCUT2D eigenvalue weighted by Gasteiger charge is 2.28. The van der Waals surface area contributed by atoms with Gasteiger partial charge in [-0.25, -0.2) is 4.79 Å². The quantitative estimate of drug-likeness (QED) is 0.492. The molecule has 1 aromatic rings. The molecule has 0 saturated carbocycles. The van der Waals surface area contributed by atoms with Crippen LogP contribution in [0.15, 0.2) is 36.4 Å². The molecule has 1 aromatic carbocycles. The first-order valence-electron chi connectivity index (χ1n) is 10.4. The van der Waals surface area contributed by atoms with E-state index in [0.29, 0.717) is 19.4 Å². The van der Waals surface area contributed by atoms with Gasteiger partial charge in [0, 0.05) is 25.8 Å². The summed E-state index contributed by atoms with van der Waals surface area (Å²) in [6.07, 6.45) is 7.42. The third-order valence-corrected chi connectivity index (χ3v) is 5.25. The van der Waals surface area contributed by atoms with E-state index in [9.17, 15) is 14.7 Å². The summed E-state index contributed by atoms with van der Waals surface area (Å²) in [4.78, 5) is 25.2. The minimum atomic E-state index is -0.930. The Balaban J connectivity index is 1.88. The van der Waals surface area contributed by atoms with Gasteiger partial charge in [0.05, 0.1) is 17.7 Å². The van der Waals surface area contributed by atoms with Crippen LogP contribution < -0.4 is 0 Å². The molecule has 0 bridgehead atoms. The average Bonchev–Trinajstić information content (AvgIpc) is 3.06. The standard InChI is InChI=1S/C24H31NO4/c1-3-4-5-8-18(2)22(26)14-12-21-13-15-23(27)25(21)16-7-10-19-9-6-11-20(17-19)24(28)29/h6,9,11-12,14,17-18,21-22,26H,3,7-8,10,13,15-16H2,1-2H3,(H,28,29)/b14-12+/t18?,21-,22?/m0/s1. The first-order chi connectivity index (χ1) is 13.9. The zero-order valence-corrected chi connectivity index (χ0v) is 17.3. The van der Waals surface area contributed by atoms with E-state index in [1.165, 1.54) is 0 Å². The second-order valence-electron chi connectivity index (χ2n) is 7.57. The second kappa shape index (κ2) is 11.4. The number of aryl methyl sites for hydroxylation is 1. The molecular formula is C24H31NO4. The van der Waals surface area contributed by atoms with Crippen molar-refractivity contribution in [2.75, 3.05) is 6.54 Å². The number of aliphatic hydroxyl groups excluding tert-OH is 1. The van der Waals surface area contributed by atoms with Crippen LogP contribution in [0.5, 0.6) is 0 Å². The Kier molecular flexibility index (Phi) is 8.95. The molecule has 0 aliphatic carbocycles. The number of carbonyl (C=O) groups is 2. The molecule has 1 aliphatic rings. The normalized spacial score (nSPS) is 18.5. The lowest BCUT2D eigenvalue weighted by atomic mass is 10.00. The van der Waals surface area contributed by atoms with Gasteiger partial charge in [-0.3, -0.25) is 4.79 Å². The summed E-state index contributed by atoms with van der Waals surface area (Å²) in [5.74, 6) is 5.35. The molecule has 5 heteroatoms. The maximum absolute atomic E-state index is 12.3. The molecular weight excluding hydrogens is 366 g/mol. The van der Waals surface area contributed by atoms with Gasteiger partial charge in [0.2, 0.25) is 5.91 Å². The number of nitrogens with zero attached hydrogens (tertiary/aromatic N) is 1. The Labute approximate surface area is 173 Å². The van der Waals surface area contributed by atoms with Crippen LogP contribution in [0.4, 0.5) is 0 Å². The van der Waals surface area contributed by atoms with Crippen molar-refractivity contribution in [2.45, 2.75) is 64.5 Å². The lowest BCUT2D eigenvalue weighted by Crippen LogP contribution is -2.33. The van der Waals surface area contributed by atoms with E-state index in [-0.39, 0.29) is 23.4 Å². The molecule has 0 radical (unpaired) electrons. The first-order valence-corrected chi connectivity index (χ1v) is 10.4. The summed E-state index contributed by atoms with van der Waals surface area (Å²) in [7, 11) is 0. The van der Waals surface area contributed by atoms with E-state index in [1.54, 1.807) is 24.3 Å². The fourth-order valence-electron chi connectivity index (χ4n) is 3.47. The van der Waals surface area contributed by atoms with Crippen molar-refractivity contribution in [3.63, 3.8) is 0 Å². The smallest absolute Gasteiger partial charge is 0.335 e. The number of aromatic carboxylic acids is 1. The number of hydrogen-bond acceptors (Lipinski definition) is 3. The summed E-state index contributed by atoms with van der Waals surface area (Å²) in [5.41, 5.74) is 1.24. The van der Waals surface area contributed by atoms with Crippen molar-refractivity contribution in [2.24, 2.45) is 5.92 Å². The van der Waals surface area contributed by atoms with Gasteiger partial charge in [0.15, 0.2) is 0 Å². The van der Waals surface area contributed by atoms with Crippen LogP contribution in [0.1, 0.15) is 61.9 Å². The Bertz CT molecular complexity index is 790. The van der Waals surface area contributed by atoms with E-state index in [1.807, 2.05) is 30.9 Å². The van der Waals surface area contributed by atoms with Crippen LogP contribution in [0, 0.1) is 17.8 Å². The number of rotatable bonds is 9. The van der Waals surface area contributed by atoms with E-state index in [4.69, 9.17) is 5.11 Å². The van der Waals surface area contributed by atoms with Crippen molar-refractivity contribution in [3.05, 3.63) is 47.5 Å². The molecule has 0 aromatic heterocycles. The van der Waals surface area contributed by atoms with Crippen LogP contribution in [0.2, 0.25) is 0 Å². The van der Waals surface area contributed by atoms with Crippen LogP contribution in [-0.4, -0.2) is 45.7 Å². The summed E-state index contributed by atoms with van der Waals surface area (Å²) >= 11 is 0. The van der Waals surface area contributed by atoms with Crippen molar-refractivity contribution < 1.29 is 19.8 Å². The van der Waals surface area contributed by atoms with Crippen LogP contribution in [0.3, 0.4) is 0 Å². The van der Waals surface area contributed by atoms with Gasteiger partial charge in [-0.2, -0.15) is 0 Å². The molecule has 1 heterocycles. The van der Waals surface area contributed by atoms with Gasteiger partial charge in [-0.15, -0.1) is 11.8 Å². The molecule has 0 spiro atoms. The van der Waals surface area contributed by atoms with E-state index < -0.39 is 12.1 Å². The first kappa shape index (κ1) is 22.7. The fraction of sp³-hybridized carbons (Fsp3) is 0.500. The van der Waals surface area contributed by atoms with Gasteiger partial charge >= 0.3 is 5.97 Å². The van der Waals surface area contributed by atoms with Gasteiger partial charge in [0.25, 0.3) is 0 Å². The zero-order valence-electron chi connectivity index (χ0n) is 17.3. The third kappa shape index (κ3) is 7.07. The van der Waals surface area contributed by atoms with Crippen molar-refractivity contribution >= 4 is 11.9 Å². The van der Waals surface area contributed by atoms with Crippen molar-refractivity contribution in [1.82, 2.24) is 4.90 Å². The monoisotopic (exact) mass is 397 g/mol. The molecule has 1 amide bonds. The second-order valence-corrected chi connectivity index (χ2v) is 7.57. The number of benzene rings is 1. The molecule has 1 saturated heterocycles. The fourth-order valence-corrected chi connectivity index (χ4v) is 3.47. The highest BCUT2D eigenvalue weighted by atomic mass is 16.4. The maximum Gasteiger partial charge on any atom is 0.335 e. The van der Waals surface area contributed by atoms with Gasteiger partial charge in [0.1, 0.15) is 0 Å². The number of carboxylic acids is 1. The molecule has 156 valence electrons. The minimum Gasteiger partial charge on any atom is -0.478 e. The predicted octanol–water partition coefficient (Wildman–Crippen LogP) is 3.67. The molecule has 3 atom stereocenters. The van der Waals surface area contributed by atoms with Crippen molar-refractivity contribution in [1.29, 1.82) is 0 Å². The third-order valence-electron chi connectivity index (χ3n) is 5.25. The van der Waals surface area contributed by atoms with E-state index >= 15 is 0 Å². The number of aliphatic hydroxyl groups is 1. The number of likely N-dealkylation sites (tertiary alicyclic amines) is 1. The average molecular weight is 398 g/mol. The molecule has 2 N–H and O–H groups in total. The zero-order chi connectivity index (χ0) is 21.2. The Morgan fingerprint density at radius 3 is 2.90 bits per heavy atom. The summed E-state index contributed by atoms with van der Waals surface area (Å²) in [6.45, 7) is 4.60. The maximum atomic E-state index is 12.3. The number of hydrogen-bond donors (Lipinski definition) is 2. The summed E-state index contributed by atoms with van der Waals surface area (Å²) < 4.78 is 0. The lowest BCUT2D eigenvalue weighted by Gasteiger charge is -2.23. The van der Waals surface area contributed by atoms with Gasteiger partial charge in [-0.1, -0.05) is 38.1 Å². The molecule has 2 unspecified atom stereocenters. The van der Waals surface area contributed by atoms with Crippen LogP contribution in [-0.2, 0) is 11.2 Å². The number of carboxylic acid groups (broad SMARTS) is 1. The van der Waals surface area contributed by atoms with Gasteiger partial charge in [-0.05, 0) is 42.9 Å². The van der Waals surface area contributed by atoms with E-state index in [2.05, 4.69) is 11.8 Å². The molecule has 5 nitrogen and oxygen atoms in total. The molecule has 1 fully saturated rings. The largest absolute Gasteiger partial charge is 0.478 e. The molecule has 1 aliphatic heterocycles. The van der Waals surface area contributed by atoms with Crippen LogP contribution in [0.25, 0.3) is 0 Å². The summed E-state index contributed by atoms with van der Waals surface area (Å²) in [6, 6.07) is 6.94. The predicted molar refractivity (Wildman–Crippen MR) is 113 cm³/mol.